The molecule has 2 aromatic carbocycles. The number of nitrogens with zero attached hydrogens (tertiary/aromatic N) is 1. The maximum absolute atomic E-state index is 12.7. The number of thiophene rings is 1. The number of hydrogen-bond donors (Lipinski definition) is 2. The summed E-state index contributed by atoms with van der Waals surface area (Å²) in [5.41, 5.74) is 2.42. The van der Waals surface area contributed by atoms with Crippen LogP contribution in [-0.4, -0.2) is 49.1 Å². The second-order valence-electron chi connectivity index (χ2n) is 9.38. The Morgan fingerprint density at radius 2 is 1.91 bits per heavy atom. The minimum atomic E-state index is 0.135. The highest BCUT2D eigenvalue weighted by molar-refractivity contribution is 9.10. The highest BCUT2D eigenvalue weighted by Gasteiger charge is 2.22. The molecule has 2 aliphatic rings. The number of fused-ring (bicyclic) bond motifs is 1. The summed E-state index contributed by atoms with van der Waals surface area (Å²) >= 11 is 5.42. The van der Waals surface area contributed by atoms with Crippen LogP contribution in [0.4, 0.5) is 0 Å². The molecule has 2 saturated heterocycles. The van der Waals surface area contributed by atoms with E-state index in [2.05, 4.69) is 67.2 Å². The Labute approximate surface area is 214 Å². The van der Waals surface area contributed by atoms with Gasteiger partial charge < -0.3 is 15.4 Å². The van der Waals surface area contributed by atoms with Crippen LogP contribution in [0.3, 0.4) is 0 Å². The molecule has 5 nitrogen and oxygen atoms in total. The van der Waals surface area contributed by atoms with Gasteiger partial charge in [0.15, 0.2) is 0 Å². The van der Waals surface area contributed by atoms with Crippen LogP contribution in [0.15, 0.2) is 52.3 Å². The minimum Gasteiger partial charge on any atom is -0.489 e. The normalized spacial score (nSPS) is 18.3. The van der Waals surface area contributed by atoms with E-state index < -0.39 is 0 Å². The van der Waals surface area contributed by atoms with Gasteiger partial charge >= 0.3 is 0 Å². The van der Waals surface area contributed by atoms with Crippen molar-refractivity contribution in [3.8, 4) is 5.75 Å². The topological polar surface area (TPSA) is 53.6 Å². The smallest absolute Gasteiger partial charge is 0.224 e. The summed E-state index contributed by atoms with van der Waals surface area (Å²) in [4.78, 5) is 15.1. The van der Waals surface area contributed by atoms with Crippen molar-refractivity contribution in [3.63, 3.8) is 0 Å². The summed E-state index contributed by atoms with van der Waals surface area (Å²) in [6, 6.07) is 15.0. The van der Waals surface area contributed by atoms with Gasteiger partial charge in [-0.1, -0.05) is 24.3 Å². The molecule has 0 atom stereocenters. The molecule has 0 aliphatic carbocycles. The molecule has 180 valence electrons. The van der Waals surface area contributed by atoms with E-state index in [-0.39, 0.29) is 11.9 Å². The first-order valence-corrected chi connectivity index (χ1v) is 13.9. The number of ether oxygens (including phenoxy) is 1. The lowest BCUT2D eigenvalue weighted by molar-refractivity contribution is -0.121. The van der Waals surface area contributed by atoms with Gasteiger partial charge in [-0.3, -0.25) is 9.69 Å². The van der Waals surface area contributed by atoms with Gasteiger partial charge in [0, 0.05) is 30.4 Å². The maximum atomic E-state index is 12.7. The molecule has 0 unspecified atom stereocenters. The van der Waals surface area contributed by atoms with E-state index in [9.17, 15) is 4.79 Å². The van der Waals surface area contributed by atoms with Crippen LogP contribution in [0.5, 0.6) is 5.75 Å². The lowest BCUT2D eigenvalue weighted by atomic mass is 10.0. The zero-order valence-corrected chi connectivity index (χ0v) is 21.8. The van der Waals surface area contributed by atoms with Gasteiger partial charge in [-0.15, -0.1) is 11.3 Å². The Hall–Kier alpha value is -1.93. The first-order valence-electron chi connectivity index (χ1n) is 12.3. The highest BCUT2D eigenvalue weighted by atomic mass is 79.9. The monoisotopic (exact) mass is 541 g/mol. The molecule has 2 N–H and O–H groups in total. The van der Waals surface area contributed by atoms with Crippen molar-refractivity contribution in [2.75, 3.05) is 26.2 Å². The van der Waals surface area contributed by atoms with Gasteiger partial charge in [0.25, 0.3) is 0 Å². The van der Waals surface area contributed by atoms with Crippen LogP contribution in [0.25, 0.3) is 10.1 Å². The van der Waals surface area contributed by atoms with Crippen molar-refractivity contribution < 1.29 is 9.53 Å². The number of likely N-dealkylation sites (tertiary alicyclic amines) is 1. The van der Waals surface area contributed by atoms with Crippen molar-refractivity contribution in [1.82, 2.24) is 15.5 Å². The molecule has 0 bridgehead atoms. The van der Waals surface area contributed by atoms with E-state index in [4.69, 9.17) is 4.74 Å². The first kappa shape index (κ1) is 23.8. The Morgan fingerprint density at radius 3 is 2.71 bits per heavy atom. The summed E-state index contributed by atoms with van der Waals surface area (Å²) in [6.07, 6.45) is 4.87. The lowest BCUT2D eigenvalue weighted by Gasteiger charge is -2.32. The fourth-order valence-electron chi connectivity index (χ4n) is 4.95. The van der Waals surface area contributed by atoms with Gasteiger partial charge in [0.2, 0.25) is 5.91 Å². The van der Waals surface area contributed by atoms with Crippen LogP contribution in [-0.2, 0) is 17.8 Å². The molecule has 3 heterocycles. The van der Waals surface area contributed by atoms with Gasteiger partial charge in [0.05, 0.1) is 10.9 Å². The van der Waals surface area contributed by atoms with E-state index in [0.717, 1.165) is 74.2 Å². The Bertz CT molecular complexity index is 1120. The number of piperidine rings is 2. The second-order valence-corrected chi connectivity index (χ2v) is 11.1. The Kier molecular flexibility index (Phi) is 7.84. The summed E-state index contributed by atoms with van der Waals surface area (Å²) in [5, 5.41) is 9.97. The molecule has 7 heteroatoms. The van der Waals surface area contributed by atoms with E-state index in [1.54, 1.807) is 11.3 Å². The third kappa shape index (κ3) is 6.00. The number of benzene rings is 2. The summed E-state index contributed by atoms with van der Waals surface area (Å²) in [6.45, 7) is 4.98. The van der Waals surface area contributed by atoms with Crippen LogP contribution in [0.2, 0.25) is 0 Å². The van der Waals surface area contributed by atoms with Gasteiger partial charge in [-0.25, -0.2) is 0 Å². The molecule has 3 aromatic rings. The number of hydrogen-bond acceptors (Lipinski definition) is 5. The van der Waals surface area contributed by atoms with Crippen molar-refractivity contribution in [1.29, 1.82) is 0 Å². The first-order chi connectivity index (χ1) is 16.6. The number of carbonyl (C=O) groups is 1. The highest BCUT2D eigenvalue weighted by Crippen LogP contribution is 2.29. The molecule has 0 saturated carbocycles. The zero-order valence-electron chi connectivity index (χ0n) is 19.4. The molecule has 1 aromatic heterocycles. The average Bonchev–Trinajstić information content (AvgIpc) is 3.25. The number of rotatable bonds is 7. The van der Waals surface area contributed by atoms with Crippen molar-refractivity contribution in [2.24, 2.45) is 0 Å². The summed E-state index contributed by atoms with van der Waals surface area (Å²) < 4.78 is 8.48. The number of nitrogens with one attached hydrogen (secondary N) is 2. The van der Waals surface area contributed by atoms with Crippen LogP contribution < -0.4 is 15.4 Å². The Morgan fingerprint density at radius 1 is 1.12 bits per heavy atom. The molecule has 0 spiro atoms. The van der Waals surface area contributed by atoms with E-state index in [0.29, 0.717) is 12.5 Å². The largest absolute Gasteiger partial charge is 0.489 e. The summed E-state index contributed by atoms with van der Waals surface area (Å²) in [5.74, 6) is 1.07. The van der Waals surface area contributed by atoms with Crippen molar-refractivity contribution >= 4 is 43.3 Å². The van der Waals surface area contributed by atoms with Crippen LogP contribution in [0.1, 0.15) is 36.8 Å². The lowest BCUT2D eigenvalue weighted by Crippen LogP contribution is -2.44. The van der Waals surface area contributed by atoms with E-state index in [1.807, 2.05) is 12.1 Å². The quantitative estimate of drug-likeness (QED) is 0.436. The minimum absolute atomic E-state index is 0.135. The molecule has 1 amide bonds. The Balaban J connectivity index is 1.08. The zero-order chi connectivity index (χ0) is 23.3. The molecule has 34 heavy (non-hydrogen) atoms. The third-order valence-corrected chi connectivity index (χ3v) is 8.48. The predicted octanol–water partition coefficient (Wildman–Crippen LogP) is 5.12. The molecular weight excluding hydrogens is 510 g/mol. The predicted molar refractivity (Wildman–Crippen MR) is 143 cm³/mol. The standard InChI is InChI=1S/C27H32BrN3O2S/c28-24-15-19(5-6-25(24)33-22-7-11-29-12-8-22)17-31-13-9-21(10-14-31)30-27(32)16-20-18-34-26-4-2-1-3-23(20)26/h1-6,15,18,21-22,29H,7-14,16-17H2,(H,30,32). The molecule has 5 rings (SSSR count). The van der Waals surface area contributed by atoms with Crippen LogP contribution in [0, 0.1) is 0 Å². The molecular formula is C27H32BrN3O2S. The molecule has 0 radical (unpaired) electrons. The fourth-order valence-corrected chi connectivity index (χ4v) is 6.43. The summed E-state index contributed by atoms with van der Waals surface area (Å²) in [7, 11) is 0. The number of halogens is 1. The van der Waals surface area contributed by atoms with Gasteiger partial charge in [-0.05, 0) is 94.8 Å². The average molecular weight is 543 g/mol. The third-order valence-electron chi connectivity index (χ3n) is 6.85. The maximum Gasteiger partial charge on any atom is 0.224 e. The van der Waals surface area contributed by atoms with Gasteiger partial charge in [-0.2, -0.15) is 0 Å². The van der Waals surface area contributed by atoms with Crippen molar-refractivity contribution in [3.05, 3.63) is 63.4 Å². The van der Waals surface area contributed by atoms with Crippen LogP contribution >= 0.6 is 27.3 Å². The van der Waals surface area contributed by atoms with Gasteiger partial charge in [0.1, 0.15) is 11.9 Å². The second kappa shape index (κ2) is 11.2. The number of amides is 1. The van der Waals surface area contributed by atoms with E-state index in [1.165, 1.54) is 15.6 Å². The van der Waals surface area contributed by atoms with Crippen molar-refractivity contribution in [2.45, 2.75) is 50.8 Å². The van der Waals surface area contributed by atoms with E-state index >= 15 is 0 Å². The number of carbonyl (C=O) groups excluding carboxylic acids is 1. The molecule has 2 aliphatic heterocycles. The molecule has 2 fully saturated rings. The fraction of sp³-hybridized carbons (Fsp3) is 0.444. The SMILES string of the molecule is O=C(Cc1csc2ccccc12)NC1CCN(Cc2ccc(OC3CCNCC3)c(Br)c2)CC1.